The van der Waals surface area contributed by atoms with Crippen molar-refractivity contribution < 1.29 is 19.8 Å². The summed E-state index contributed by atoms with van der Waals surface area (Å²) in [6, 6.07) is 0. The Morgan fingerprint density at radius 3 is 1.71 bits per heavy atom. The van der Waals surface area contributed by atoms with E-state index in [0.717, 1.165) is 11.3 Å². The van der Waals surface area contributed by atoms with Gasteiger partial charge in [0.2, 0.25) is 11.6 Å². The number of thiophene rings is 1. The summed E-state index contributed by atoms with van der Waals surface area (Å²) in [7, 11) is 0. The van der Waals surface area contributed by atoms with Crippen molar-refractivity contribution in [2.45, 2.75) is 5.79 Å². The zero-order valence-corrected chi connectivity index (χ0v) is 8.70. The Balaban J connectivity index is 2.78. The summed E-state index contributed by atoms with van der Waals surface area (Å²) in [5, 5.41) is 18.3. The van der Waals surface area contributed by atoms with Crippen LogP contribution in [-0.4, -0.2) is 27.6 Å². The van der Waals surface area contributed by atoms with Crippen LogP contribution >= 0.6 is 34.5 Å². The fourth-order valence-corrected chi connectivity index (χ4v) is 2.93. The minimum atomic E-state index is -3.01. The topological polar surface area (TPSA) is 74.6 Å². The second kappa shape index (κ2) is 2.77. The zero-order chi connectivity index (χ0) is 10.7. The molecule has 0 atom stereocenters. The van der Waals surface area contributed by atoms with E-state index < -0.39 is 17.4 Å². The van der Waals surface area contributed by atoms with Gasteiger partial charge in [-0.3, -0.25) is 9.59 Å². The van der Waals surface area contributed by atoms with Crippen LogP contribution in [0.5, 0.6) is 0 Å². The van der Waals surface area contributed by atoms with E-state index in [0.29, 0.717) is 0 Å². The first-order chi connectivity index (χ1) is 6.37. The van der Waals surface area contributed by atoms with Crippen molar-refractivity contribution >= 4 is 46.1 Å². The molecule has 7 heteroatoms. The summed E-state index contributed by atoms with van der Waals surface area (Å²) >= 11 is 12.1. The van der Waals surface area contributed by atoms with E-state index in [1.807, 2.05) is 0 Å². The van der Waals surface area contributed by atoms with Crippen LogP contribution in [0.4, 0.5) is 0 Å². The molecule has 74 valence electrons. The van der Waals surface area contributed by atoms with Crippen LogP contribution in [0.3, 0.4) is 0 Å². The van der Waals surface area contributed by atoms with E-state index >= 15 is 0 Å². The molecule has 4 nitrogen and oxygen atoms in total. The quantitative estimate of drug-likeness (QED) is 0.536. The van der Waals surface area contributed by atoms with Crippen LogP contribution in [0.1, 0.15) is 20.7 Å². The second-order valence-electron chi connectivity index (χ2n) is 2.73. The highest BCUT2D eigenvalue weighted by Gasteiger charge is 2.54. The first-order valence-electron chi connectivity index (χ1n) is 3.39. The fourth-order valence-electron chi connectivity index (χ4n) is 1.23. The van der Waals surface area contributed by atoms with Crippen molar-refractivity contribution in [3.05, 3.63) is 19.8 Å². The number of halogens is 2. The molecule has 0 saturated heterocycles. The van der Waals surface area contributed by atoms with Gasteiger partial charge in [0.25, 0.3) is 5.79 Å². The highest BCUT2D eigenvalue weighted by molar-refractivity contribution is 7.21. The van der Waals surface area contributed by atoms with Gasteiger partial charge >= 0.3 is 0 Å². The lowest BCUT2D eigenvalue weighted by atomic mass is 10.2. The standard InChI is InChI=1S/C7H2Cl2O4S/c8-5-1-2(6(9)14-5)4(11)7(12,13)3(1)10/h12-13H. The van der Waals surface area contributed by atoms with Crippen molar-refractivity contribution in [3.8, 4) is 0 Å². The van der Waals surface area contributed by atoms with E-state index in [1.54, 1.807) is 0 Å². The molecule has 0 unspecified atom stereocenters. The number of ketones is 2. The third-order valence-electron chi connectivity index (χ3n) is 1.91. The third-order valence-corrected chi connectivity index (χ3v) is 3.52. The maximum atomic E-state index is 11.3. The van der Waals surface area contributed by atoms with Crippen molar-refractivity contribution in [3.63, 3.8) is 0 Å². The number of hydrogen-bond acceptors (Lipinski definition) is 5. The number of aliphatic hydroxyl groups is 2. The molecule has 0 fully saturated rings. The van der Waals surface area contributed by atoms with Gasteiger partial charge in [-0.05, 0) is 0 Å². The summed E-state index contributed by atoms with van der Waals surface area (Å²) < 4.78 is -0.0124. The van der Waals surface area contributed by atoms with Gasteiger partial charge < -0.3 is 10.2 Å². The Labute approximate surface area is 91.7 Å². The largest absolute Gasteiger partial charge is 0.353 e. The molecule has 1 heterocycles. The van der Waals surface area contributed by atoms with Crippen molar-refractivity contribution in [2.75, 3.05) is 0 Å². The number of hydrogen-bond donors (Lipinski definition) is 2. The predicted molar refractivity (Wildman–Crippen MR) is 50.2 cm³/mol. The minimum absolute atomic E-state index is 0.00618. The summed E-state index contributed by atoms with van der Waals surface area (Å²) in [6.07, 6.45) is 0. The Morgan fingerprint density at radius 2 is 1.36 bits per heavy atom. The molecule has 0 spiro atoms. The van der Waals surface area contributed by atoms with Crippen LogP contribution < -0.4 is 0 Å². The first-order valence-corrected chi connectivity index (χ1v) is 4.96. The zero-order valence-electron chi connectivity index (χ0n) is 6.38. The molecule has 1 aromatic rings. The Bertz CT molecular complexity index is 424. The highest BCUT2D eigenvalue weighted by atomic mass is 35.5. The van der Waals surface area contributed by atoms with Crippen molar-refractivity contribution in [2.24, 2.45) is 0 Å². The smallest absolute Gasteiger partial charge is 0.295 e. The number of rotatable bonds is 0. The SMILES string of the molecule is O=C1c2c(Cl)sc(Cl)c2C(=O)C1(O)O. The molecular weight excluding hydrogens is 251 g/mol. The summed E-state index contributed by atoms with van der Waals surface area (Å²) in [5.74, 6) is -5.25. The lowest BCUT2D eigenvalue weighted by Crippen LogP contribution is -2.40. The molecule has 0 saturated carbocycles. The fraction of sp³-hybridized carbons (Fsp3) is 0.143. The summed E-state index contributed by atoms with van der Waals surface area (Å²) in [5.41, 5.74) is -0.395. The maximum Gasteiger partial charge on any atom is 0.295 e. The Hall–Kier alpha value is -0.460. The summed E-state index contributed by atoms with van der Waals surface area (Å²) in [6.45, 7) is 0. The van der Waals surface area contributed by atoms with Crippen LogP contribution in [0, 0.1) is 0 Å². The van der Waals surface area contributed by atoms with E-state index in [2.05, 4.69) is 0 Å². The lowest BCUT2D eigenvalue weighted by molar-refractivity contribution is -0.0857. The van der Waals surface area contributed by atoms with E-state index in [9.17, 15) is 9.59 Å². The maximum absolute atomic E-state index is 11.3. The molecule has 14 heavy (non-hydrogen) atoms. The van der Waals surface area contributed by atoms with Crippen LogP contribution in [0.25, 0.3) is 0 Å². The summed E-state index contributed by atoms with van der Waals surface area (Å²) in [4.78, 5) is 22.6. The molecule has 1 aliphatic rings. The van der Waals surface area contributed by atoms with E-state index in [-0.39, 0.29) is 19.8 Å². The molecule has 0 aromatic carbocycles. The van der Waals surface area contributed by atoms with Gasteiger partial charge in [-0.1, -0.05) is 23.2 Å². The Kier molecular flexibility index (Phi) is 1.99. The van der Waals surface area contributed by atoms with Crippen LogP contribution in [-0.2, 0) is 0 Å². The van der Waals surface area contributed by atoms with Gasteiger partial charge in [0.15, 0.2) is 0 Å². The lowest BCUT2D eigenvalue weighted by Gasteiger charge is -2.09. The molecule has 0 amide bonds. The average molecular weight is 253 g/mol. The molecule has 1 aliphatic carbocycles. The molecule has 0 aliphatic heterocycles. The number of fused-ring (bicyclic) bond motifs is 1. The number of carbonyl (C=O) groups is 2. The number of Topliss-reactive ketones (excluding diaryl/α,β-unsaturated/α-hetero) is 2. The van der Waals surface area contributed by atoms with E-state index in [1.165, 1.54) is 0 Å². The first kappa shape index (κ1) is 10.1. The van der Waals surface area contributed by atoms with Crippen LogP contribution in [0.2, 0.25) is 8.67 Å². The third kappa shape index (κ3) is 1.01. The van der Waals surface area contributed by atoms with Gasteiger partial charge in [-0.25, -0.2) is 0 Å². The Morgan fingerprint density at radius 1 is 1.00 bits per heavy atom. The molecule has 2 N–H and O–H groups in total. The molecule has 1 aromatic heterocycles. The van der Waals surface area contributed by atoms with Gasteiger partial charge in [0.1, 0.15) is 8.67 Å². The van der Waals surface area contributed by atoms with Crippen molar-refractivity contribution in [1.29, 1.82) is 0 Å². The van der Waals surface area contributed by atoms with E-state index in [4.69, 9.17) is 33.4 Å². The highest BCUT2D eigenvalue weighted by Crippen LogP contribution is 2.43. The van der Waals surface area contributed by atoms with Gasteiger partial charge in [-0.2, -0.15) is 0 Å². The van der Waals surface area contributed by atoms with Gasteiger partial charge in [0, 0.05) is 0 Å². The monoisotopic (exact) mass is 252 g/mol. The van der Waals surface area contributed by atoms with Crippen LogP contribution in [0.15, 0.2) is 0 Å². The normalized spacial score (nSPS) is 18.9. The molecule has 0 radical (unpaired) electrons. The minimum Gasteiger partial charge on any atom is -0.353 e. The van der Waals surface area contributed by atoms with Crippen molar-refractivity contribution in [1.82, 2.24) is 0 Å². The van der Waals surface area contributed by atoms with Gasteiger partial charge in [-0.15, -0.1) is 11.3 Å². The predicted octanol–water partition coefficient (Wildman–Crippen LogP) is 1.11. The average Bonchev–Trinajstić information content (AvgIpc) is 2.45. The van der Waals surface area contributed by atoms with Gasteiger partial charge in [0.05, 0.1) is 11.1 Å². The number of carbonyl (C=O) groups excluding carboxylic acids is 2. The second-order valence-corrected chi connectivity index (χ2v) is 4.95. The molecule has 2 rings (SSSR count). The molecular formula is C7H2Cl2O4S. The molecule has 0 bridgehead atoms.